The van der Waals surface area contributed by atoms with Crippen molar-refractivity contribution in [3.05, 3.63) is 66.0 Å². The molecular formula is C23H24N6O2. The number of hydrogen-bond donors (Lipinski definition) is 3. The van der Waals surface area contributed by atoms with Gasteiger partial charge in [-0.3, -0.25) is 4.79 Å². The second kappa shape index (κ2) is 8.43. The lowest BCUT2D eigenvalue weighted by Crippen LogP contribution is -2.10. The predicted octanol–water partition coefficient (Wildman–Crippen LogP) is 3.53. The van der Waals surface area contributed by atoms with Gasteiger partial charge in [0.25, 0.3) is 0 Å². The van der Waals surface area contributed by atoms with Crippen molar-refractivity contribution in [2.24, 2.45) is 5.73 Å². The lowest BCUT2D eigenvalue weighted by atomic mass is 10.1. The zero-order valence-electron chi connectivity index (χ0n) is 17.4. The lowest BCUT2D eigenvalue weighted by Gasteiger charge is -2.12. The molecule has 2 aromatic heterocycles. The van der Waals surface area contributed by atoms with Gasteiger partial charge in [0.05, 0.1) is 0 Å². The summed E-state index contributed by atoms with van der Waals surface area (Å²) in [4.78, 5) is 25.1. The summed E-state index contributed by atoms with van der Waals surface area (Å²) in [5.41, 5.74) is 9.22. The average molecular weight is 416 g/mol. The molecule has 0 aliphatic carbocycles. The van der Waals surface area contributed by atoms with Crippen molar-refractivity contribution >= 4 is 22.9 Å². The van der Waals surface area contributed by atoms with Crippen LogP contribution in [0.4, 0.5) is 5.82 Å². The van der Waals surface area contributed by atoms with Crippen LogP contribution in [0, 0.1) is 0 Å². The molecule has 0 saturated heterocycles. The highest BCUT2D eigenvalue weighted by Gasteiger charge is 2.19. The minimum atomic E-state index is -0.463. The fraction of sp³-hybridized carbons (Fsp3) is 0.217. The number of rotatable bonds is 7. The summed E-state index contributed by atoms with van der Waals surface area (Å²) in [5, 5.41) is 12.8. The highest BCUT2D eigenvalue weighted by molar-refractivity contribution is 5.93. The van der Waals surface area contributed by atoms with Gasteiger partial charge in [-0.1, -0.05) is 24.3 Å². The molecule has 4 aromatic rings. The van der Waals surface area contributed by atoms with Crippen LogP contribution in [0.3, 0.4) is 0 Å². The third-order valence-corrected chi connectivity index (χ3v) is 5.06. The molecule has 0 aliphatic rings. The molecule has 4 rings (SSSR count). The molecule has 2 heterocycles. The quantitative estimate of drug-likeness (QED) is 0.424. The molecule has 158 valence electrons. The number of aromatic hydroxyl groups is 1. The van der Waals surface area contributed by atoms with Gasteiger partial charge in [-0.25, -0.2) is 15.0 Å². The Morgan fingerprint density at radius 3 is 2.45 bits per heavy atom. The minimum Gasteiger partial charge on any atom is -0.508 e. The van der Waals surface area contributed by atoms with Gasteiger partial charge in [-0.05, 0) is 50.1 Å². The number of aromatic nitrogens is 4. The van der Waals surface area contributed by atoms with Crippen LogP contribution in [0.5, 0.6) is 5.75 Å². The molecule has 0 atom stereocenters. The van der Waals surface area contributed by atoms with E-state index in [4.69, 9.17) is 10.7 Å². The molecule has 2 aromatic carbocycles. The first-order chi connectivity index (χ1) is 14.9. The summed E-state index contributed by atoms with van der Waals surface area (Å²) < 4.78 is 2.06. The van der Waals surface area contributed by atoms with E-state index in [1.807, 2.05) is 24.3 Å². The first-order valence-electron chi connectivity index (χ1n) is 10.1. The van der Waals surface area contributed by atoms with E-state index in [0.29, 0.717) is 23.4 Å². The van der Waals surface area contributed by atoms with Crippen molar-refractivity contribution in [1.29, 1.82) is 0 Å². The van der Waals surface area contributed by atoms with Crippen molar-refractivity contribution < 1.29 is 9.90 Å². The number of carbonyl (C=O) groups excluding carboxylic acids is 1. The number of nitrogens with zero attached hydrogens (tertiary/aromatic N) is 4. The Morgan fingerprint density at radius 2 is 1.81 bits per heavy atom. The van der Waals surface area contributed by atoms with Gasteiger partial charge < -0.3 is 20.7 Å². The number of nitrogens with two attached hydrogens (primary N) is 1. The Morgan fingerprint density at radius 1 is 1.10 bits per heavy atom. The lowest BCUT2D eigenvalue weighted by molar-refractivity contribution is 0.100. The van der Waals surface area contributed by atoms with Gasteiger partial charge in [-0.15, -0.1) is 0 Å². The fourth-order valence-corrected chi connectivity index (χ4v) is 3.50. The van der Waals surface area contributed by atoms with Crippen molar-refractivity contribution in [2.45, 2.75) is 26.3 Å². The highest BCUT2D eigenvalue weighted by Crippen LogP contribution is 2.30. The Kier molecular flexibility index (Phi) is 5.53. The van der Waals surface area contributed by atoms with Gasteiger partial charge in [0, 0.05) is 23.7 Å². The normalized spacial score (nSPS) is 11.2. The number of fused-ring (bicyclic) bond motifs is 1. The zero-order chi connectivity index (χ0) is 22.0. The van der Waals surface area contributed by atoms with Crippen LogP contribution >= 0.6 is 0 Å². The Bertz CT molecular complexity index is 1210. The molecule has 0 fully saturated rings. The molecule has 0 saturated carbocycles. The third kappa shape index (κ3) is 4.18. The Labute approximate surface area is 179 Å². The largest absolute Gasteiger partial charge is 0.508 e. The summed E-state index contributed by atoms with van der Waals surface area (Å²) >= 11 is 0. The van der Waals surface area contributed by atoms with E-state index in [1.165, 1.54) is 6.33 Å². The summed E-state index contributed by atoms with van der Waals surface area (Å²) in [6, 6.07) is 14.3. The summed E-state index contributed by atoms with van der Waals surface area (Å²) in [7, 11) is 0. The standard InChI is InChI=1S/C23H24N6O2/c1-14(2)29-22(17-7-5-16(6-8-17)20(24)31)28-19-21(26-13-27-23(19)29)25-12-11-15-3-9-18(30)10-4-15/h3-10,13-14,30H,11-12H2,1-2H3,(H2,24,31)(H,25,26,27). The van der Waals surface area contributed by atoms with E-state index >= 15 is 0 Å². The van der Waals surface area contributed by atoms with Gasteiger partial charge in [0.1, 0.15) is 17.9 Å². The van der Waals surface area contributed by atoms with Gasteiger partial charge in [0.15, 0.2) is 17.0 Å². The summed E-state index contributed by atoms with van der Waals surface area (Å²) in [5.74, 6) is 1.21. The number of carbonyl (C=O) groups is 1. The number of hydrogen-bond acceptors (Lipinski definition) is 6. The number of phenols is 1. The number of nitrogens with one attached hydrogen (secondary N) is 1. The summed E-state index contributed by atoms with van der Waals surface area (Å²) in [6.07, 6.45) is 2.31. The van der Waals surface area contributed by atoms with E-state index < -0.39 is 5.91 Å². The second-order valence-electron chi connectivity index (χ2n) is 7.58. The molecule has 0 aliphatic heterocycles. The van der Waals surface area contributed by atoms with Crippen molar-refractivity contribution in [3.8, 4) is 17.1 Å². The number of benzene rings is 2. The van der Waals surface area contributed by atoms with Gasteiger partial charge >= 0.3 is 0 Å². The predicted molar refractivity (Wildman–Crippen MR) is 120 cm³/mol. The van der Waals surface area contributed by atoms with Crippen LogP contribution in [0.1, 0.15) is 35.8 Å². The number of phenolic OH excluding ortho intramolecular Hbond substituents is 1. The van der Waals surface area contributed by atoms with E-state index in [1.54, 1.807) is 24.3 Å². The Hall–Kier alpha value is -3.94. The number of anilines is 1. The molecule has 0 spiro atoms. The third-order valence-electron chi connectivity index (χ3n) is 5.06. The van der Waals surface area contributed by atoms with E-state index in [2.05, 4.69) is 33.7 Å². The average Bonchev–Trinajstić information content (AvgIpc) is 3.16. The maximum Gasteiger partial charge on any atom is 0.248 e. The summed E-state index contributed by atoms with van der Waals surface area (Å²) in [6.45, 7) is 4.80. The molecule has 8 nitrogen and oxygen atoms in total. The van der Waals surface area contributed by atoms with Crippen LogP contribution in [0.15, 0.2) is 54.9 Å². The van der Waals surface area contributed by atoms with Gasteiger partial charge in [0.2, 0.25) is 5.91 Å². The molecule has 4 N–H and O–H groups in total. The maximum absolute atomic E-state index is 11.4. The van der Waals surface area contributed by atoms with Crippen LogP contribution in [0.25, 0.3) is 22.6 Å². The zero-order valence-corrected chi connectivity index (χ0v) is 17.4. The van der Waals surface area contributed by atoms with Crippen LogP contribution in [-0.2, 0) is 6.42 Å². The number of imidazole rings is 1. The van der Waals surface area contributed by atoms with E-state index in [-0.39, 0.29) is 11.8 Å². The molecule has 1 amide bonds. The van der Waals surface area contributed by atoms with Crippen LogP contribution in [0.2, 0.25) is 0 Å². The molecular weight excluding hydrogens is 392 g/mol. The minimum absolute atomic E-state index is 0.121. The smallest absolute Gasteiger partial charge is 0.248 e. The van der Waals surface area contributed by atoms with Crippen molar-refractivity contribution in [3.63, 3.8) is 0 Å². The van der Waals surface area contributed by atoms with Crippen LogP contribution < -0.4 is 11.1 Å². The highest BCUT2D eigenvalue weighted by atomic mass is 16.3. The van der Waals surface area contributed by atoms with E-state index in [0.717, 1.165) is 29.0 Å². The fourth-order valence-electron chi connectivity index (χ4n) is 3.50. The van der Waals surface area contributed by atoms with Crippen molar-refractivity contribution in [2.75, 3.05) is 11.9 Å². The molecule has 8 heteroatoms. The molecule has 31 heavy (non-hydrogen) atoms. The first-order valence-corrected chi connectivity index (χ1v) is 10.1. The number of primary amides is 1. The van der Waals surface area contributed by atoms with Crippen LogP contribution in [-0.4, -0.2) is 37.1 Å². The second-order valence-corrected chi connectivity index (χ2v) is 7.58. The maximum atomic E-state index is 11.4. The molecule has 0 bridgehead atoms. The number of amides is 1. The monoisotopic (exact) mass is 416 g/mol. The molecule has 0 radical (unpaired) electrons. The van der Waals surface area contributed by atoms with Crippen molar-refractivity contribution in [1.82, 2.24) is 19.5 Å². The van der Waals surface area contributed by atoms with E-state index in [9.17, 15) is 9.90 Å². The topological polar surface area (TPSA) is 119 Å². The van der Waals surface area contributed by atoms with Gasteiger partial charge in [-0.2, -0.15) is 0 Å². The SMILES string of the molecule is CC(C)n1c(-c2ccc(C(N)=O)cc2)nc2c(NCCc3ccc(O)cc3)ncnc21. The molecule has 0 unspecified atom stereocenters. The Balaban J connectivity index is 1.66. The first kappa shape index (κ1) is 20.3.